The van der Waals surface area contributed by atoms with Crippen LogP contribution in [0.5, 0.6) is 17.2 Å². The number of benzene rings is 3. The van der Waals surface area contributed by atoms with Gasteiger partial charge in [0, 0.05) is 21.7 Å². The molecular weight excluding hydrogens is 452 g/mol. The molecule has 1 N–H and O–H groups in total. The molecule has 2 atom stereocenters. The summed E-state index contributed by atoms with van der Waals surface area (Å²) in [6.07, 6.45) is 1.15. The Morgan fingerprint density at radius 1 is 0.941 bits per heavy atom. The van der Waals surface area contributed by atoms with Gasteiger partial charge in [0.15, 0.2) is 11.5 Å². The molecule has 0 bridgehead atoms. The summed E-state index contributed by atoms with van der Waals surface area (Å²) in [4.78, 5) is 4.47. The fourth-order valence-electron chi connectivity index (χ4n) is 4.67. The minimum atomic E-state index is -0.407. The fraction of sp³-hybridized carbons (Fsp3) is 0.154. The molecule has 6 rings (SSSR count). The Labute approximate surface area is 201 Å². The number of methoxy groups -OCH3 is 2. The van der Waals surface area contributed by atoms with Crippen molar-refractivity contribution in [2.24, 2.45) is 0 Å². The van der Waals surface area contributed by atoms with Crippen molar-refractivity contribution >= 4 is 23.2 Å². The van der Waals surface area contributed by atoms with E-state index in [4.69, 9.17) is 25.8 Å². The molecule has 0 amide bonds. The van der Waals surface area contributed by atoms with Crippen LogP contribution in [0.3, 0.4) is 0 Å². The van der Waals surface area contributed by atoms with Gasteiger partial charge in [-0.3, -0.25) is 0 Å². The number of nitrogens with one attached hydrogen (secondary N) is 1. The molecule has 8 heteroatoms. The van der Waals surface area contributed by atoms with Gasteiger partial charge in [0.1, 0.15) is 24.2 Å². The van der Waals surface area contributed by atoms with Crippen molar-refractivity contribution in [3.05, 3.63) is 100 Å². The van der Waals surface area contributed by atoms with E-state index < -0.39 is 6.10 Å². The lowest BCUT2D eigenvalue weighted by Crippen LogP contribution is -2.32. The topological polar surface area (TPSA) is 70.4 Å². The van der Waals surface area contributed by atoms with Gasteiger partial charge >= 0.3 is 0 Å². The first kappa shape index (κ1) is 20.6. The first-order valence-electron chi connectivity index (χ1n) is 10.8. The first-order valence-corrected chi connectivity index (χ1v) is 11.2. The molecule has 0 saturated carbocycles. The molecule has 0 aliphatic carbocycles. The number of hydrogen-bond acceptors (Lipinski definition) is 6. The summed E-state index contributed by atoms with van der Waals surface area (Å²) in [6, 6.07) is 21.4. The molecule has 0 saturated heterocycles. The average Bonchev–Trinajstić information content (AvgIpc) is 3.35. The second kappa shape index (κ2) is 8.11. The molecule has 2 aliphatic heterocycles. The minimum Gasteiger partial charge on any atom is -0.493 e. The van der Waals surface area contributed by atoms with Crippen LogP contribution in [0.2, 0.25) is 5.02 Å². The summed E-state index contributed by atoms with van der Waals surface area (Å²) in [5, 5.41) is 8.73. The molecule has 0 spiro atoms. The number of ether oxygens (including phenoxy) is 3. The van der Waals surface area contributed by atoms with E-state index in [0.29, 0.717) is 22.5 Å². The van der Waals surface area contributed by atoms with Gasteiger partial charge in [-0.15, -0.1) is 0 Å². The molecule has 3 heterocycles. The Balaban J connectivity index is 1.60. The average molecular weight is 473 g/mol. The van der Waals surface area contributed by atoms with Crippen LogP contribution in [0.15, 0.2) is 78.6 Å². The van der Waals surface area contributed by atoms with Crippen LogP contribution in [-0.2, 0) is 0 Å². The summed E-state index contributed by atoms with van der Waals surface area (Å²) in [6.45, 7) is 0. The number of halogens is 1. The lowest BCUT2D eigenvalue weighted by molar-refractivity contribution is 0.222. The van der Waals surface area contributed by atoms with Crippen LogP contribution < -0.4 is 19.5 Å². The van der Waals surface area contributed by atoms with E-state index in [1.165, 1.54) is 0 Å². The maximum absolute atomic E-state index is 6.65. The summed E-state index contributed by atoms with van der Waals surface area (Å²) < 4.78 is 19.6. The monoisotopic (exact) mass is 472 g/mol. The maximum atomic E-state index is 6.65. The molecule has 7 nitrogen and oxygen atoms in total. The smallest absolute Gasteiger partial charge is 0.226 e. The van der Waals surface area contributed by atoms with Gasteiger partial charge in [-0.1, -0.05) is 41.9 Å². The number of fused-ring (bicyclic) bond motifs is 3. The number of rotatable bonds is 4. The summed E-state index contributed by atoms with van der Waals surface area (Å²) >= 11 is 6.21. The number of anilines is 1. The van der Waals surface area contributed by atoms with Gasteiger partial charge in [0.25, 0.3) is 0 Å². The van der Waals surface area contributed by atoms with Crippen molar-refractivity contribution in [2.45, 2.75) is 12.1 Å². The third-order valence-corrected chi connectivity index (χ3v) is 6.47. The van der Waals surface area contributed by atoms with E-state index in [0.717, 1.165) is 33.7 Å². The zero-order valence-corrected chi connectivity index (χ0v) is 19.3. The van der Waals surface area contributed by atoms with Crippen molar-refractivity contribution in [1.29, 1.82) is 0 Å². The fourth-order valence-corrected chi connectivity index (χ4v) is 4.80. The van der Waals surface area contributed by atoms with Crippen molar-refractivity contribution in [3.63, 3.8) is 0 Å². The highest BCUT2D eigenvalue weighted by molar-refractivity contribution is 6.30. The Morgan fingerprint density at radius 3 is 2.50 bits per heavy atom. The van der Waals surface area contributed by atoms with Crippen molar-refractivity contribution < 1.29 is 14.2 Å². The van der Waals surface area contributed by atoms with Gasteiger partial charge in [-0.05, 0) is 42.0 Å². The van der Waals surface area contributed by atoms with E-state index in [-0.39, 0.29) is 6.04 Å². The van der Waals surface area contributed by atoms with Crippen LogP contribution in [0.25, 0.3) is 5.70 Å². The molecule has 170 valence electrons. The molecular formula is C26H21ClN4O3. The maximum Gasteiger partial charge on any atom is 0.226 e. The number of aromatic nitrogens is 3. The standard InChI is InChI=1S/C26H21ClN4O3/c1-32-20-12-9-16(13-21(20)33-2)25-22-23(18-5-3-4-6-19(18)34-25)30-26-28-14-29-31(26)24(22)15-7-10-17(27)11-8-15/h3-14,24-25H,1-2H3,(H,28,29,30)/t24-,25-/m0/s1. The third kappa shape index (κ3) is 3.20. The quantitative estimate of drug-likeness (QED) is 0.422. The Kier molecular flexibility index (Phi) is 4.92. The van der Waals surface area contributed by atoms with Gasteiger partial charge in [-0.25, -0.2) is 4.68 Å². The van der Waals surface area contributed by atoms with Crippen LogP contribution in [0.1, 0.15) is 28.8 Å². The van der Waals surface area contributed by atoms with E-state index in [1.54, 1.807) is 20.5 Å². The number of hydrogen-bond donors (Lipinski definition) is 1. The van der Waals surface area contributed by atoms with Gasteiger partial charge in [-0.2, -0.15) is 10.1 Å². The number of nitrogens with zero attached hydrogens (tertiary/aromatic N) is 3. The van der Waals surface area contributed by atoms with Gasteiger partial charge in [0.2, 0.25) is 5.95 Å². The molecule has 4 aromatic rings. The Morgan fingerprint density at radius 2 is 1.71 bits per heavy atom. The lowest BCUT2D eigenvalue weighted by Gasteiger charge is -2.39. The zero-order valence-electron chi connectivity index (χ0n) is 18.5. The molecule has 0 radical (unpaired) electrons. The predicted molar refractivity (Wildman–Crippen MR) is 130 cm³/mol. The SMILES string of the molecule is COc1ccc([C@@H]2Oc3ccccc3C3=C2[C@H](c2ccc(Cl)cc2)n2ncnc2N3)cc1OC. The van der Waals surface area contributed by atoms with Crippen molar-refractivity contribution in [3.8, 4) is 17.2 Å². The normalized spacial score (nSPS) is 18.2. The second-order valence-electron chi connectivity index (χ2n) is 8.05. The summed E-state index contributed by atoms with van der Waals surface area (Å²) in [5.41, 5.74) is 4.92. The highest BCUT2D eigenvalue weighted by Gasteiger charge is 2.41. The first-order chi connectivity index (χ1) is 16.7. The van der Waals surface area contributed by atoms with Crippen LogP contribution in [0, 0.1) is 0 Å². The van der Waals surface area contributed by atoms with E-state index in [2.05, 4.69) is 15.4 Å². The van der Waals surface area contributed by atoms with E-state index >= 15 is 0 Å². The predicted octanol–water partition coefficient (Wildman–Crippen LogP) is 5.51. The highest BCUT2D eigenvalue weighted by atomic mass is 35.5. The van der Waals surface area contributed by atoms with Crippen LogP contribution >= 0.6 is 11.6 Å². The second-order valence-corrected chi connectivity index (χ2v) is 8.48. The molecule has 0 unspecified atom stereocenters. The molecule has 0 fully saturated rings. The number of para-hydroxylation sites is 1. The molecule has 34 heavy (non-hydrogen) atoms. The molecule has 3 aromatic carbocycles. The third-order valence-electron chi connectivity index (χ3n) is 6.22. The molecule has 1 aromatic heterocycles. The largest absolute Gasteiger partial charge is 0.493 e. The van der Waals surface area contributed by atoms with Crippen LogP contribution in [0.4, 0.5) is 5.95 Å². The van der Waals surface area contributed by atoms with E-state index in [9.17, 15) is 0 Å². The van der Waals surface area contributed by atoms with Crippen LogP contribution in [-0.4, -0.2) is 29.0 Å². The Hall–Kier alpha value is -3.97. The summed E-state index contributed by atoms with van der Waals surface area (Å²) in [5.74, 6) is 2.75. The highest BCUT2D eigenvalue weighted by Crippen LogP contribution is 2.51. The van der Waals surface area contributed by atoms with E-state index in [1.807, 2.05) is 71.4 Å². The Bertz CT molecular complexity index is 1410. The van der Waals surface area contributed by atoms with Crippen molar-refractivity contribution in [1.82, 2.24) is 14.8 Å². The summed E-state index contributed by atoms with van der Waals surface area (Å²) in [7, 11) is 3.25. The molecule has 2 aliphatic rings. The van der Waals surface area contributed by atoms with Gasteiger partial charge < -0.3 is 19.5 Å². The lowest BCUT2D eigenvalue weighted by atomic mass is 9.84. The minimum absolute atomic E-state index is 0.252. The van der Waals surface area contributed by atoms with Gasteiger partial charge in [0.05, 0.1) is 19.9 Å². The van der Waals surface area contributed by atoms with Crippen molar-refractivity contribution in [2.75, 3.05) is 19.5 Å². The zero-order chi connectivity index (χ0) is 23.2.